The van der Waals surface area contributed by atoms with Crippen LogP contribution in [-0.4, -0.2) is 23.7 Å². The van der Waals surface area contributed by atoms with E-state index in [1.165, 1.54) is 0 Å². The van der Waals surface area contributed by atoms with Crippen LogP contribution in [0.2, 0.25) is 0 Å². The Balaban J connectivity index is 2.61. The largest absolute Gasteiger partial charge is 0.394 e. The zero-order valence-corrected chi connectivity index (χ0v) is 9.39. The van der Waals surface area contributed by atoms with Crippen LogP contribution in [0.3, 0.4) is 0 Å². The normalized spacial score (nSPS) is 14.2. The predicted molar refractivity (Wildman–Crippen MR) is 62.7 cm³/mol. The molecule has 0 bridgehead atoms. The number of rotatable bonds is 5. The van der Waals surface area contributed by atoms with Gasteiger partial charge in [0.05, 0.1) is 12.6 Å². The summed E-state index contributed by atoms with van der Waals surface area (Å²) in [5.41, 5.74) is 6.57. The van der Waals surface area contributed by atoms with Gasteiger partial charge in [-0.25, -0.2) is 0 Å². The summed E-state index contributed by atoms with van der Waals surface area (Å²) in [6.45, 7) is 1.83. The zero-order chi connectivity index (χ0) is 12.0. The highest BCUT2D eigenvalue weighted by Crippen LogP contribution is 2.09. The molecule has 0 unspecified atom stereocenters. The van der Waals surface area contributed by atoms with E-state index in [2.05, 4.69) is 5.32 Å². The van der Waals surface area contributed by atoms with Crippen LogP contribution in [0.4, 0.5) is 0 Å². The smallest absolute Gasteiger partial charge is 0.241 e. The molecule has 1 aromatic carbocycles. The van der Waals surface area contributed by atoms with Crippen molar-refractivity contribution < 1.29 is 9.90 Å². The molecule has 4 heteroatoms. The molecule has 0 fully saturated rings. The number of aliphatic hydroxyl groups is 1. The van der Waals surface area contributed by atoms with Crippen molar-refractivity contribution in [2.24, 2.45) is 5.73 Å². The Hall–Kier alpha value is -1.39. The molecule has 16 heavy (non-hydrogen) atoms. The molecule has 0 spiro atoms. The van der Waals surface area contributed by atoms with Gasteiger partial charge in [0.1, 0.15) is 6.04 Å². The van der Waals surface area contributed by atoms with Crippen LogP contribution in [0.15, 0.2) is 30.3 Å². The average Bonchev–Trinajstić information content (AvgIpc) is 2.35. The Morgan fingerprint density at radius 3 is 2.56 bits per heavy atom. The number of carbonyl (C=O) groups excluding carboxylic acids is 1. The highest BCUT2D eigenvalue weighted by atomic mass is 16.3. The molecule has 0 saturated carbocycles. The molecule has 0 aliphatic rings. The first-order valence-corrected chi connectivity index (χ1v) is 5.40. The van der Waals surface area contributed by atoms with Gasteiger partial charge < -0.3 is 16.2 Å². The Morgan fingerprint density at radius 2 is 2.06 bits per heavy atom. The molecular formula is C12H18N2O2. The van der Waals surface area contributed by atoms with E-state index >= 15 is 0 Å². The molecule has 4 nitrogen and oxygen atoms in total. The summed E-state index contributed by atoms with van der Waals surface area (Å²) < 4.78 is 0. The first kappa shape index (κ1) is 12.7. The highest BCUT2D eigenvalue weighted by Gasteiger charge is 2.17. The Bertz CT molecular complexity index is 323. The summed E-state index contributed by atoms with van der Waals surface area (Å²) in [5, 5.41) is 11.7. The summed E-state index contributed by atoms with van der Waals surface area (Å²) in [5.74, 6) is -0.257. The van der Waals surface area contributed by atoms with Gasteiger partial charge in [0.15, 0.2) is 0 Å². The topological polar surface area (TPSA) is 75.3 Å². The van der Waals surface area contributed by atoms with Crippen LogP contribution in [0.5, 0.6) is 0 Å². The van der Waals surface area contributed by atoms with Gasteiger partial charge in [0.2, 0.25) is 5.91 Å². The summed E-state index contributed by atoms with van der Waals surface area (Å²) in [7, 11) is 0. The van der Waals surface area contributed by atoms with Crippen LogP contribution in [0.1, 0.15) is 24.9 Å². The molecule has 0 aliphatic carbocycles. The number of hydrogen-bond donors (Lipinski definition) is 3. The molecule has 1 rings (SSSR count). The summed E-state index contributed by atoms with van der Waals surface area (Å²) in [6.07, 6.45) is 0.684. The maximum absolute atomic E-state index is 11.7. The van der Waals surface area contributed by atoms with Gasteiger partial charge in [-0.3, -0.25) is 4.79 Å². The van der Waals surface area contributed by atoms with Gasteiger partial charge >= 0.3 is 0 Å². The van der Waals surface area contributed by atoms with E-state index in [4.69, 9.17) is 10.8 Å². The maximum atomic E-state index is 11.7. The third-order valence-electron chi connectivity index (χ3n) is 2.50. The Labute approximate surface area is 95.5 Å². The van der Waals surface area contributed by atoms with E-state index in [0.29, 0.717) is 6.42 Å². The van der Waals surface area contributed by atoms with Crippen molar-refractivity contribution >= 4 is 5.91 Å². The van der Waals surface area contributed by atoms with Gasteiger partial charge in [-0.15, -0.1) is 0 Å². The minimum Gasteiger partial charge on any atom is -0.394 e. The molecule has 0 saturated heterocycles. The number of nitrogens with one attached hydrogen (secondary N) is 1. The van der Waals surface area contributed by atoms with Gasteiger partial charge in [0, 0.05) is 0 Å². The number of hydrogen-bond acceptors (Lipinski definition) is 3. The van der Waals surface area contributed by atoms with Gasteiger partial charge in [-0.05, 0) is 12.0 Å². The molecule has 4 N–H and O–H groups in total. The lowest BCUT2D eigenvalue weighted by molar-refractivity contribution is -0.123. The second kappa shape index (κ2) is 6.25. The minimum atomic E-state index is -0.679. The lowest BCUT2D eigenvalue weighted by Gasteiger charge is -2.17. The molecule has 0 aliphatic heterocycles. The number of benzene rings is 1. The van der Waals surface area contributed by atoms with Crippen LogP contribution in [0.25, 0.3) is 0 Å². The molecule has 2 atom stereocenters. The first-order valence-electron chi connectivity index (χ1n) is 5.40. The van der Waals surface area contributed by atoms with E-state index in [9.17, 15) is 4.79 Å². The van der Waals surface area contributed by atoms with E-state index in [1.54, 1.807) is 0 Å². The van der Waals surface area contributed by atoms with Crippen molar-refractivity contribution in [1.29, 1.82) is 0 Å². The summed E-state index contributed by atoms with van der Waals surface area (Å²) >= 11 is 0. The summed E-state index contributed by atoms with van der Waals surface area (Å²) in [6, 6.07) is 8.27. The van der Waals surface area contributed by atoms with Crippen LogP contribution >= 0.6 is 0 Å². The van der Waals surface area contributed by atoms with E-state index in [0.717, 1.165) is 5.56 Å². The SMILES string of the molecule is CC[C@@H](CO)NC(=O)[C@H](N)c1ccccc1. The molecule has 0 heterocycles. The van der Waals surface area contributed by atoms with Crippen molar-refractivity contribution in [3.05, 3.63) is 35.9 Å². The van der Waals surface area contributed by atoms with Gasteiger partial charge in [-0.2, -0.15) is 0 Å². The fourth-order valence-electron chi connectivity index (χ4n) is 1.38. The Kier molecular flexibility index (Phi) is 4.95. The van der Waals surface area contributed by atoms with E-state index in [-0.39, 0.29) is 18.6 Å². The first-order chi connectivity index (χ1) is 7.69. The van der Waals surface area contributed by atoms with Gasteiger partial charge in [0.25, 0.3) is 0 Å². The number of amides is 1. The molecular weight excluding hydrogens is 204 g/mol. The average molecular weight is 222 g/mol. The lowest BCUT2D eigenvalue weighted by atomic mass is 10.1. The molecule has 1 amide bonds. The van der Waals surface area contributed by atoms with E-state index in [1.807, 2.05) is 37.3 Å². The fourth-order valence-corrected chi connectivity index (χ4v) is 1.38. The third-order valence-corrected chi connectivity index (χ3v) is 2.50. The highest BCUT2D eigenvalue weighted by molar-refractivity contribution is 5.83. The van der Waals surface area contributed by atoms with Crippen molar-refractivity contribution in [1.82, 2.24) is 5.32 Å². The molecule has 88 valence electrons. The van der Waals surface area contributed by atoms with Crippen LogP contribution < -0.4 is 11.1 Å². The molecule has 0 aromatic heterocycles. The Morgan fingerprint density at radius 1 is 1.44 bits per heavy atom. The van der Waals surface area contributed by atoms with Crippen molar-refractivity contribution in [3.8, 4) is 0 Å². The number of carbonyl (C=O) groups is 1. The molecule has 1 aromatic rings. The standard InChI is InChI=1S/C12H18N2O2/c1-2-10(8-15)14-12(16)11(13)9-6-4-3-5-7-9/h3-7,10-11,15H,2,8,13H2,1H3,(H,14,16)/t10-,11+/m0/s1. The van der Waals surface area contributed by atoms with Crippen molar-refractivity contribution in [2.75, 3.05) is 6.61 Å². The maximum Gasteiger partial charge on any atom is 0.241 e. The van der Waals surface area contributed by atoms with Crippen molar-refractivity contribution in [2.45, 2.75) is 25.4 Å². The van der Waals surface area contributed by atoms with Crippen LogP contribution in [0, 0.1) is 0 Å². The van der Waals surface area contributed by atoms with E-state index < -0.39 is 6.04 Å². The summed E-state index contributed by atoms with van der Waals surface area (Å²) in [4.78, 5) is 11.7. The second-order valence-electron chi connectivity index (χ2n) is 3.68. The van der Waals surface area contributed by atoms with Gasteiger partial charge in [-0.1, -0.05) is 37.3 Å². The predicted octanol–water partition coefficient (Wildman–Crippen LogP) is 0.573. The van der Waals surface area contributed by atoms with Crippen LogP contribution in [-0.2, 0) is 4.79 Å². The third kappa shape index (κ3) is 3.32. The number of nitrogens with two attached hydrogens (primary N) is 1. The second-order valence-corrected chi connectivity index (χ2v) is 3.68. The molecule has 0 radical (unpaired) electrons. The minimum absolute atomic E-state index is 0.0657. The quantitative estimate of drug-likeness (QED) is 0.682. The number of aliphatic hydroxyl groups excluding tert-OH is 1. The fraction of sp³-hybridized carbons (Fsp3) is 0.417. The monoisotopic (exact) mass is 222 g/mol. The zero-order valence-electron chi connectivity index (χ0n) is 9.39. The van der Waals surface area contributed by atoms with Crippen molar-refractivity contribution in [3.63, 3.8) is 0 Å². The lowest BCUT2D eigenvalue weighted by Crippen LogP contribution is -2.42.